The third kappa shape index (κ3) is 4.44. The molecule has 1 amide bonds. The number of carbonyl (C=O) groups is 1. The van der Waals surface area contributed by atoms with E-state index in [1.165, 1.54) is 10.9 Å². The molecule has 0 spiro atoms. The number of hydrogen-bond acceptors (Lipinski definition) is 5. The number of benzene rings is 3. The van der Waals surface area contributed by atoms with Gasteiger partial charge in [0.15, 0.2) is 17.2 Å². The maximum atomic E-state index is 12.9. The summed E-state index contributed by atoms with van der Waals surface area (Å²) in [6.45, 7) is 0.288. The van der Waals surface area contributed by atoms with Crippen LogP contribution in [0.4, 0.5) is 4.79 Å². The number of hydrogen-bond donors (Lipinski definition) is 2. The Bertz CT molecular complexity index is 1650. The van der Waals surface area contributed by atoms with E-state index in [2.05, 4.69) is 39.1 Å². The van der Waals surface area contributed by atoms with Gasteiger partial charge < -0.3 is 33.8 Å². The van der Waals surface area contributed by atoms with Gasteiger partial charge in [0.2, 0.25) is 0 Å². The Hall–Kier alpha value is -4.85. The zero-order chi connectivity index (χ0) is 26.9. The SMILES string of the molecule is COc1ccc(C2c3[nH]c4ccccc4c3Cc3c(OC(=O)NCc4ccc(OC)c(OC)c4)ccn32)cc1. The van der Waals surface area contributed by atoms with E-state index in [9.17, 15) is 4.79 Å². The Labute approximate surface area is 226 Å². The Kier molecular flexibility index (Phi) is 6.36. The normalized spacial score (nSPS) is 13.9. The van der Waals surface area contributed by atoms with Crippen LogP contribution >= 0.6 is 0 Å². The lowest BCUT2D eigenvalue weighted by Crippen LogP contribution is -2.27. The standard InChI is InChI=1S/C31H29N3O5/c1-36-21-11-9-20(10-12-21)30-29-23(22-6-4-5-7-24(22)33-29)17-25-26(14-15-34(25)30)39-31(35)32-18-19-8-13-27(37-2)28(16-19)38-3/h4-16,30,33H,17-18H2,1-3H3,(H,32,35). The fraction of sp³-hybridized carbons (Fsp3) is 0.194. The number of fused-ring (bicyclic) bond motifs is 4. The smallest absolute Gasteiger partial charge is 0.412 e. The number of ether oxygens (including phenoxy) is 4. The second-order valence-corrected chi connectivity index (χ2v) is 9.38. The minimum atomic E-state index is -0.524. The molecule has 1 unspecified atom stereocenters. The lowest BCUT2D eigenvalue weighted by atomic mass is 9.93. The molecule has 0 fully saturated rings. The minimum absolute atomic E-state index is 0.103. The van der Waals surface area contributed by atoms with Gasteiger partial charge in [-0.15, -0.1) is 0 Å². The van der Waals surface area contributed by atoms with Crippen LogP contribution in [0.5, 0.6) is 23.0 Å². The zero-order valence-corrected chi connectivity index (χ0v) is 22.0. The van der Waals surface area contributed by atoms with E-state index in [4.69, 9.17) is 18.9 Å². The molecule has 2 N–H and O–H groups in total. The lowest BCUT2D eigenvalue weighted by Gasteiger charge is -2.28. The van der Waals surface area contributed by atoms with Crippen molar-refractivity contribution in [3.63, 3.8) is 0 Å². The second kappa shape index (κ2) is 10.1. The Morgan fingerprint density at radius 3 is 2.49 bits per heavy atom. The molecule has 6 rings (SSSR count). The highest BCUT2D eigenvalue weighted by atomic mass is 16.6. The number of nitrogens with zero attached hydrogens (tertiary/aromatic N) is 1. The number of rotatable bonds is 7. The summed E-state index contributed by atoms with van der Waals surface area (Å²) in [6.07, 6.45) is 2.09. The maximum absolute atomic E-state index is 12.9. The van der Waals surface area contributed by atoms with Gasteiger partial charge >= 0.3 is 6.09 Å². The Morgan fingerprint density at radius 1 is 0.923 bits per heavy atom. The molecule has 1 aliphatic rings. The average molecular weight is 524 g/mol. The molecule has 1 atom stereocenters. The first-order valence-corrected chi connectivity index (χ1v) is 12.7. The van der Waals surface area contributed by atoms with Crippen LogP contribution in [-0.4, -0.2) is 37.0 Å². The van der Waals surface area contributed by atoms with Crippen LogP contribution in [0.3, 0.4) is 0 Å². The average Bonchev–Trinajstić information content (AvgIpc) is 3.55. The third-order valence-electron chi connectivity index (χ3n) is 7.24. The van der Waals surface area contributed by atoms with Crippen LogP contribution < -0.4 is 24.3 Å². The maximum Gasteiger partial charge on any atom is 0.412 e. The number of para-hydroxylation sites is 1. The van der Waals surface area contributed by atoms with Gasteiger partial charge in [0.25, 0.3) is 0 Å². The van der Waals surface area contributed by atoms with Crippen molar-refractivity contribution in [2.75, 3.05) is 21.3 Å². The fourth-order valence-electron chi connectivity index (χ4n) is 5.34. The highest BCUT2D eigenvalue weighted by Gasteiger charge is 2.32. The van der Waals surface area contributed by atoms with Gasteiger partial charge in [-0.05, 0) is 53.1 Å². The van der Waals surface area contributed by atoms with Crippen LogP contribution in [-0.2, 0) is 13.0 Å². The van der Waals surface area contributed by atoms with Crippen molar-refractivity contribution in [1.82, 2.24) is 14.9 Å². The molecule has 5 aromatic rings. The predicted octanol–water partition coefficient (Wildman–Crippen LogP) is 5.83. The molecule has 0 bridgehead atoms. The van der Waals surface area contributed by atoms with Gasteiger partial charge in [-0.3, -0.25) is 0 Å². The first kappa shape index (κ1) is 24.5. The van der Waals surface area contributed by atoms with E-state index in [1.54, 1.807) is 21.3 Å². The molecule has 0 saturated heterocycles. The highest BCUT2D eigenvalue weighted by molar-refractivity contribution is 5.86. The van der Waals surface area contributed by atoms with Crippen molar-refractivity contribution in [2.24, 2.45) is 0 Å². The van der Waals surface area contributed by atoms with Crippen molar-refractivity contribution < 1.29 is 23.7 Å². The van der Waals surface area contributed by atoms with Gasteiger partial charge in [-0.2, -0.15) is 0 Å². The largest absolute Gasteiger partial charge is 0.497 e. The topological polar surface area (TPSA) is 86.7 Å². The van der Waals surface area contributed by atoms with Crippen molar-refractivity contribution in [2.45, 2.75) is 19.0 Å². The number of nitrogens with one attached hydrogen (secondary N) is 2. The molecule has 39 heavy (non-hydrogen) atoms. The summed E-state index contributed by atoms with van der Waals surface area (Å²) in [4.78, 5) is 16.5. The summed E-state index contributed by atoms with van der Waals surface area (Å²) < 4.78 is 24.1. The molecule has 3 heterocycles. The van der Waals surface area contributed by atoms with E-state index in [0.717, 1.165) is 33.8 Å². The molecular formula is C31H29N3O5. The van der Waals surface area contributed by atoms with Gasteiger partial charge in [0.1, 0.15) is 5.75 Å². The third-order valence-corrected chi connectivity index (χ3v) is 7.24. The molecule has 198 valence electrons. The summed E-state index contributed by atoms with van der Waals surface area (Å²) >= 11 is 0. The van der Waals surface area contributed by atoms with E-state index in [0.29, 0.717) is 23.7 Å². The van der Waals surface area contributed by atoms with Gasteiger partial charge in [0.05, 0.1) is 33.1 Å². The summed E-state index contributed by atoms with van der Waals surface area (Å²) in [7, 11) is 4.83. The van der Waals surface area contributed by atoms with Crippen molar-refractivity contribution in [1.29, 1.82) is 0 Å². The number of aromatic amines is 1. The first-order valence-electron chi connectivity index (χ1n) is 12.7. The molecular weight excluding hydrogens is 494 g/mol. The molecule has 1 aliphatic heterocycles. The van der Waals surface area contributed by atoms with Crippen LogP contribution in [0.1, 0.15) is 34.1 Å². The molecule has 3 aromatic carbocycles. The molecule has 0 aliphatic carbocycles. The Morgan fingerprint density at radius 2 is 1.72 bits per heavy atom. The van der Waals surface area contributed by atoms with E-state index in [-0.39, 0.29) is 12.6 Å². The highest BCUT2D eigenvalue weighted by Crippen LogP contribution is 2.42. The van der Waals surface area contributed by atoms with E-state index < -0.39 is 6.09 Å². The van der Waals surface area contributed by atoms with E-state index in [1.807, 2.05) is 54.7 Å². The van der Waals surface area contributed by atoms with Crippen molar-refractivity contribution in [3.8, 4) is 23.0 Å². The summed E-state index contributed by atoms with van der Waals surface area (Å²) in [5, 5.41) is 4.01. The molecule has 8 nitrogen and oxygen atoms in total. The number of aromatic nitrogens is 2. The zero-order valence-electron chi connectivity index (χ0n) is 22.0. The number of methoxy groups -OCH3 is 3. The fourth-order valence-corrected chi connectivity index (χ4v) is 5.34. The Balaban J connectivity index is 1.29. The quantitative estimate of drug-likeness (QED) is 0.275. The molecule has 2 aromatic heterocycles. The summed E-state index contributed by atoms with van der Waals surface area (Å²) in [5.74, 6) is 2.57. The molecule has 0 radical (unpaired) electrons. The van der Waals surface area contributed by atoms with Crippen molar-refractivity contribution in [3.05, 3.63) is 107 Å². The molecule has 0 saturated carbocycles. The van der Waals surface area contributed by atoms with Crippen LogP contribution in [0.2, 0.25) is 0 Å². The minimum Gasteiger partial charge on any atom is -0.497 e. The van der Waals surface area contributed by atoms with Gasteiger partial charge in [0, 0.05) is 35.8 Å². The lowest BCUT2D eigenvalue weighted by molar-refractivity contribution is 0.199. The van der Waals surface area contributed by atoms with Crippen molar-refractivity contribution >= 4 is 17.0 Å². The van der Waals surface area contributed by atoms with Crippen LogP contribution in [0, 0.1) is 0 Å². The second-order valence-electron chi connectivity index (χ2n) is 9.38. The molecule has 8 heteroatoms. The monoisotopic (exact) mass is 523 g/mol. The first-order chi connectivity index (χ1) is 19.1. The van der Waals surface area contributed by atoms with Crippen LogP contribution in [0.15, 0.2) is 79.0 Å². The summed E-state index contributed by atoms with van der Waals surface area (Å²) in [5.41, 5.74) is 6.33. The number of H-pyrrole nitrogens is 1. The number of amides is 1. The van der Waals surface area contributed by atoms with E-state index >= 15 is 0 Å². The van der Waals surface area contributed by atoms with Gasteiger partial charge in [-0.25, -0.2) is 4.79 Å². The van der Waals surface area contributed by atoms with Crippen LogP contribution in [0.25, 0.3) is 10.9 Å². The predicted molar refractivity (Wildman–Crippen MR) is 148 cm³/mol. The number of carbonyl (C=O) groups excluding carboxylic acids is 1. The van der Waals surface area contributed by atoms with Gasteiger partial charge in [-0.1, -0.05) is 36.4 Å². The summed E-state index contributed by atoms with van der Waals surface area (Å²) in [6, 6.07) is 23.6.